The summed E-state index contributed by atoms with van der Waals surface area (Å²) >= 11 is 54.3. The van der Waals surface area contributed by atoms with Crippen molar-refractivity contribution in [1.82, 2.24) is 0 Å². The fourth-order valence-corrected chi connectivity index (χ4v) is 26.8. The molecule has 0 amide bonds. The topological polar surface area (TPSA) is 0 Å². The summed E-state index contributed by atoms with van der Waals surface area (Å²) in [6.45, 7) is 0. The minimum Gasteiger partial charge on any atom is -0.161 e. The molecular formula is C25H40Br12S4. The summed E-state index contributed by atoms with van der Waals surface area (Å²) in [7, 11) is 0. The summed E-state index contributed by atoms with van der Waals surface area (Å²) in [5.41, 5.74) is 1.10. The highest BCUT2D eigenvalue weighted by molar-refractivity contribution is 9.11. The van der Waals surface area contributed by atoms with E-state index in [4.69, 9.17) is 0 Å². The van der Waals surface area contributed by atoms with Gasteiger partial charge in [-0.25, -0.2) is 0 Å². The van der Waals surface area contributed by atoms with E-state index in [1.165, 1.54) is 23.0 Å². The van der Waals surface area contributed by atoms with Gasteiger partial charge in [0, 0.05) is 137 Å². The molecule has 0 aromatic rings. The Morgan fingerprint density at radius 1 is 0.220 bits per heavy atom. The van der Waals surface area contributed by atoms with E-state index < -0.39 is 0 Å². The molecule has 0 nitrogen and oxygen atoms in total. The van der Waals surface area contributed by atoms with E-state index >= 15 is 0 Å². The Morgan fingerprint density at radius 3 is 0.463 bits per heavy atom. The average Bonchev–Trinajstić information content (AvgIpc) is 3.03. The molecule has 0 saturated carbocycles. The molecule has 0 atom stereocenters. The first kappa shape index (κ1) is 48.2. The van der Waals surface area contributed by atoms with Crippen molar-refractivity contribution in [3.63, 3.8) is 0 Å². The molecule has 0 spiro atoms. The van der Waals surface area contributed by atoms with Crippen LogP contribution in [0.1, 0.15) is 0 Å². The smallest absolute Gasteiger partial charge is 0.0112 e. The number of rotatable bonds is 28. The molecule has 41 heavy (non-hydrogen) atoms. The first-order chi connectivity index (χ1) is 19.6. The fraction of sp³-hybridized carbons (Fsp3) is 1.00. The molecule has 0 radical (unpaired) electrons. The van der Waals surface area contributed by atoms with Gasteiger partial charge in [-0.2, -0.15) is 47.0 Å². The van der Waals surface area contributed by atoms with E-state index in [1.54, 1.807) is 0 Å². The van der Waals surface area contributed by atoms with E-state index in [0.717, 1.165) is 87.0 Å². The van der Waals surface area contributed by atoms with Crippen molar-refractivity contribution in [2.75, 3.05) is 110 Å². The van der Waals surface area contributed by atoms with E-state index in [0.29, 0.717) is 0 Å². The van der Waals surface area contributed by atoms with Crippen molar-refractivity contribution >= 4 is 238 Å². The van der Waals surface area contributed by atoms with E-state index in [-0.39, 0.29) is 27.1 Å². The zero-order valence-corrected chi connectivity index (χ0v) is 45.1. The number of hydrogen-bond acceptors (Lipinski definition) is 4. The molecule has 0 aliphatic rings. The maximum absolute atomic E-state index is 3.81. The van der Waals surface area contributed by atoms with Gasteiger partial charge in [-0.05, 0) is 0 Å². The van der Waals surface area contributed by atoms with Crippen molar-refractivity contribution in [2.45, 2.75) is 0 Å². The van der Waals surface area contributed by atoms with Gasteiger partial charge in [0.25, 0.3) is 0 Å². The maximum atomic E-state index is 3.81. The normalized spacial score (nSPS) is 13.8. The lowest BCUT2D eigenvalue weighted by Crippen LogP contribution is -2.39. The molecule has 0 aliphatic carbocycles. The lowest BCUT2D eigenvalue weighted by Gasteiger charge is -2.38. The summed E-state index contributed by atoms with van der Waals surface area (Å²) in [5, 5.41) is 11.9. The maximum Gasteiger partial charge on any atom is 0.0112 e. The molecule has 16 heteroatoms. The SMILES string of the molecule is BrCC(CBr)(CBr)CSCC(CSCC(CBr)(CBr)CBr)(CSCC(CBr)(CBr)CBr)CSCC(CBr)(CBr)CBr. The third-order valence-electron chi connectivity index (χ3n) is 6.67. The van der Waals surface area contributed by atoms with Crippen LogP contribution in [0.25, 0.3) is 0 Å². The zero-order valence-electron chi connectivity index (χ0n) is 22.8. The lowest BCUT2D eigenvalue weighted by molar-refractivity contribution is 0.490. The fourth-order valence-electron chi connectivity index (χ4n) is 3.08. The Bertz CT molecular complexity index is 506. The standard InChI is InChI=1S/C25H40Br12S4/c26-1-21(2-27,3-28)13-38-17-25(18-39-14-22(4-29,5-30)6-31,19-40-15-23(7-32,8-33)9-34)20-41-16-24(10-35,11-36)12-37/h1-20H2. The highest BCUT2D eigenvalue weighted by Crippen LogP contribution is 2.43. The first-order valence-electron chi connectivity index (χ1n) is 12.6. The van der Waals surface area contributed by atoms with Crippen LogP contribution < -0.4 is 0 Å². The van der Waals surface area contributed by atoms with Crippen LogP contribution in [0.5, 0.6) is 0 Å². The third-order valence-corrected chi connectivity index (χ3v) is 27.5. The van der Waals surface area contributed by atoms with Gasteiger partial charge in [0.05, 0.1) is 0 Å². The summed E-state index contributed by atoms with van der Waals surface area (Å²) in [6, 6.07) is 0. The van der Waals surface area contributed by atoms with Gasteiger partial charge in [0.2, 0.25) is 0 Å². The monoisotopic (exact) mass is 1420 g/mol. The molecule has 0 heterocycles. The molecule has 0 fully saturated rings. The zero-order chi connectivity index (χ0) is 31.5. The quantitative estimate of drug-likeness (QED) is 0.0716. The molecule has 0 aliphatic heterocycles. The molecule has 0 aromatic carbocycles. The van der Waals surface area contributed by atoms with Crippen LogP contribution in [-0.4, -0.2) is 110 Å². The van der Waals surface area contributed by atoms with E-state index in [2.05, 4.69) is 238 Å². The van der Waals surface area contributed by atoms with Crippen molar-refractivity contribution in [3.8, 4) is 0 Å². The Morgan fingerprint density at radius 2 is 0.341 bits per heavy atom. The third kappa shape index (κ3) is 17.0. The first-order valence-corrected chi connectivity index (χ1v) is 30.7. The molecule has 0 saturated heterocycles. The molecule has 248 valence electrons. The predicted octanol–water partition coefficient (Wildman–Crippen LogP) is 13.6. The lowest BCUT2D eigenvalue weighted by atomic mass is 9.98. The number of thioether (sulfide) groups is 4. The number of alkyl halides is 12. The minimum absolute atomic E-state index is 0.217. The van der Waals surface area contributed by atoms with Crippen LogP contribution in [0.4, 0.5) is 0 Å². The molecule has 0 rings (SSSR count). The summed E-state index contributed by atoms with van der Waals surface area (Å²) in [5.74, 6) is 9.22. The molecule has 0 unspecified atom stereocenters. The second kappa shape index (κ2) is 26.9. The molecule has 0 aromatic heterocycles. The van der Waals surface area contributed by atoms with Crippen molar-refractivity contribution in [2.24, 2.45) is 27.1 Å². The summed E-state index contributed by atoms with van der Waals surface area (Å²) < 4.78 is 0. The number of hydrogen-bond donors (Lipinski definition) is 0. The van der Waals surface area contributed by atoms with E-state index in [9.17, 15) is 0 Å². The van der Waals surface area contributed by atoms with Gasteiger partial charge in [0.15, 0.2) is 0 Å². The predicted molar refractivity (Wildman–Crippen MR) is 247 cm³/mol. The average molecular weight is 1430 g/mol. The largest absolute Gasteiger partial charge is 0.161 e. The van der Waals surface area contributed by atoms with Gasteiger partial charge >= 0.3 is 0 Å². The van der Waals surface area contributed by atoms with Crippen LogP contribution >= 0.6 is 238 Å². The molecular weight excluding hydrogens is 1390 g/mol. The van der Waals surface area contributed by atoms with Crippen LogP contribution in [0.3, 0.4) is 0 Å². The van der Waals surface area contributed by atoms with Crippen molar-refractivity contribution in [1.29, 1.82) is 0 Å². The second-order valence-electron chi connectivity index (χ2n) is 11.1. The highest BCUT2D eigenvalue weighted by atomic mass is 79.9. The summed E-state index contributed by atoms with van der Waals surface area (Å²) in [6.07, 6.45) is 0. The number of halogens is 12. The van der Waals surface area contributed by atoms with E-state index in [1.807, 2.05) is 0 Å². The minimum atomic E-state index is 0.217. The highest BCUT2D eigenvalue weighted by Gasteiger charge is 2.37. The van der Waals surface area contributed by atoms with Crippen molar-refractivity contribution < 1.29 is 0 Å². The van der Waals surface area contributed by atoms with Crippen LogP contribution in [-0.2, 0) is 0 Å². The second-order valence-corrected chi connectivity index (χ2v) is 21.7. The van der Waals surface area contributed by atoms with Crippen LogP contribution in [0.2, 0.25) is 0 Å². The summed E-state index contributed by atoms with van der Waals surface area (Å²) in [4.78, 5) is 0. The van der Waals surface area contributed by atoms with Crippen LogP contribution in [0.15, 0.2) is 0 Å². The molecule has 0 N–H and O–H groups in total. The van der Waals surface area contributed by atoms with Crippen molar-refractivity contribution in [3.05, 3.63) is 0 Å². The Kier molecular flexibility index (Phi) is 31.6. The Hall–Kier alpha value is 7.16. The Labute approximate surface area is 368 Å². The Balaban J connectivity index is 6.15. The van der Waals surface area contributed by atoms with Crippen LogP contribution in [0, 0.1) is 27.1 Å². The molecule has 0 bridgehead atoms. The van der Waals surface area contributed by atoms with Gasteiger partial charge in [0.1, 0.15) is 0 Å². The van der Waals surface area contributed by atoms with Gasteiger partial charge in [-0.3, -0.25) is 0 Å². The van der Waals surface area contributed by atoms with Gasteiger partial charge in [-0.15, -0.1) is 0 Å². The van der Waals surface area contributed by atoms with Gasteiger partial charge < -0.3 is 0 Å². The van der Waals surface area contributed by atoms with Gasteiger partial charge in [-0.1, -0.05) is 191 Å².